The van der Waals surface area contributed by atoms with E-state index in [4.69, 9.17) is 5.11 Å². The number of aliphatic carboxylic acids is 1. The van der Waals surface area contributed by atoms with Gasteiger partial charge in [-0.3, -0.25) is 4.79 Å². The van der Waals surface area contributed by atoms with Gasteiger partial charge in [0.1, 0.15) is 11.9 Å². The minimum absolute atomic E-state index is 0.129. The molecule has 1 amide bonds. The third-order valence-electron chi connectivity index (χ3n) is 1.87. The zero-order chi connectivity index (χ0) is 12.6. The van der Waals surface area contributed by atoms with Crippen molar-refractivity contribution in [3.05, 3.63) is 36.2 Å². The molecule has 2 N–H and O–H groups in total. The molecule has 0 saturated carbocycles. The van der Waals surface area contributed by atoms with Crippen LogP contribution in [0.5, 0.6) is 0 Å². The molecule has 5 heteroatoms. The summed E-state index contributed by atoms with van der Waals surface area (Å²) in [7, 11) is 0. The first kappa shape index (κ1) is 14.1. The molecular formula is C11H14FNO3. The lowest BCUT2D eigenvalue weighted by Gasteiger charge is -2.12. The molecule has 0 rings (SSSR count). The Hall–Kier alpha value is -1.91. The number of carbonyl (C=O) groups excluding carboxylic acids is 1. The highest BCUT2D eigenvalue weighted by Gasteiger charge is 2.19. The van der Waals surface area contributed by atoms with Gasteiger partial charge in [-0.25, -0.2) is 9.18 Å². The van der Waals surface area contributed by atoms with Gasteiger partial charge in [0.05, 0.1) is 0 Å². The topological polar surface area (TPSA) is 66.4 Å². The van der Waals surface area contributed by atoms with E-state index in [1.54, 1.807) is 0 Å². The van der Waals surface area contributed by atoms with Crippen LogP contribution in [0.25, 0.3) is 0 Å². The highest BCUT2D eigenvalue weighted by Crippen LogP contribution is 2.17. The second-order valence-electron chi connectivity index (χ2n) is 2.94. The van der Waals surface area contributed by atoms with Crippen LogP contribution in [0.3, 0.4) is 0 Å². The van der Waals surface area contributed by atoms with E-state index in [0.717, 1.165) is 0 Å². The first-order valence-electron chi connectivity index (χ1n) is 4.63. The fraction of sp³-hybridized carbons (Fsp3) is 0.273. The smallest absolute Gasteiger partial charge is 0.326 e. The molecule has 0 bridgehead atoms. The van der Waals surface area contributed by atoms with Gasteiger partial charge in [-0.05, 0) is 12.5 Å². The summed E-state index contributed by atoms with van der Waals surface area (Å²) < 4.78 is 13.3. The van der Waals surface area contributed by atoms with Gasteiger partial charge in [0.15, 0.2) is 0 Å². The molecule has 4 nitrogen and oxygen atoms in total. The zero-order valence-electron chi connectivity index (χ0n) is 8.94. The van der Waals surface area contributed by atoms with Gasteiger partial charge < -0.3 is 10.4 Å². The van der Waals surface area contributed by atoms with Crippen LogP contribution < -0.4 is 5.32 Å². The van der Waals surface area contributed by atoms with Crippen LogP contribution in [0.1, 0.15) is 13.3 Å². The summed E-state index contributed by atoms with van der Waals surface area (Å²) in [6, 6.07) is -1.14. The molecule has 1 unspecified atom stereocenters. The van der Waals surface area contributed by atoms with E-state index in [1.807, 2.05) is 0 Å². The van der Waals surface area contributed by atoms with Crippen molar-refractivity contribution in [3.8, 4) is 0 Å². The lowest BCUT2D eigenvalue weighted by Crippen LogP contribution is -2.36. The lowest BCUT2D eigenvalue weighted by molar-refractivity contribution is -0.140. The first-order valence-corrected chi connectivity index (χ1v) is 4.63. The quantitative estimate of drug-likeness (QED) is 0.512. The van der Waals surface area contributed by atoms with Gasteiger partial charge in [-0.15, -0.1) is 0 Å². The van der Waals surface area contributed by atoms with E-state index in [0.29, 0.717) is 0 Å². The zero-order valence-corrected chi connectivity index (χ0v) is 8.94. The largest absolute Gasteiger partial charge is 0.480 e. The van der Waals surface area contributed by atoms with E-state index in [-0.39, 0.29) is 18.4 Å². The SMILES string of the molecule is C=C/C=C(CC(NC=O)C(=O)O)\C(F)=C/C. The van der Waals surface area contributed by atoms with E-state index in [1.165, 1.54) is 25.2 Å². The summed E-state index contributed by atoms with van der Waals surface area (Å²) in [5, 5.41) is 10.9. The van der Waals surface area contributed by atoms with Crippen LogP contribution in [0.15, 0.2) is 36.2 Å². The molecule has 0 aromatic heterocycles. The average molecular weight is 227 g/mol. The highest BCUT2D eigenvalue weighted by atomic mass is 19.1. The second kappa shape index (κ2) is 7.39. The number of carboxylic acids is 1. The van der Waals surface area contributed by atoms with Crippen LogP contribution in [0.2, 0.25) is 0 Å². The number of amides is 1. The van der Waals surface area contributed by atoms with Gasteiger partial charge in [0.2, 0.25) is 6.41 Å². The van der Waals surface area contributed by atoms with Crippen LogP contribution in [0.4, 0.5) is 4.39 Å². The Morgan fingerprint density at radius 2 is 2.25 bits per heavy atom. The molecule has 16 heavy (non-hydrogen) atoms. The molecule has 0 aliphatic carbocycles. The Balaban J connectivity index is 4.84. The van der Waals surface area contributed by atoms with Crippen LogP contribution >= 0.6 is 0 Å². The summed E-state index contributed by atoms with van der Waals surface area (Å²) in [5.41, 5.74) is 0.180. The molecule has 0 aliphatic rings. The van der Waals surface area contributed by atoms with E-state index in [2.05, 4.69) is 11.9 Å². The fourth-order valence-electron chi connectivity index (χ4n) is 1.09. The number of carbonyl (C=O) groups is 2. The summed E-state index contributed by atoms with van der Waals surface area (Å²) in [6.45, 7) is 4.90. The van der Waals surface area contributed by atoms with Crippen molar-refractivity contribution >= 4 is 12.4 Å². The van der Waals surface area contributed by atoms with Crippen LogP contribution in [-0.2, 0) is 9.59 Å². The van der Waals surface area contributed by atoms with Crippen molar-refractivity contribution < 1.29 is 19.1 Å². The molecule has 0 radical (unpaired) electrons. The monoisotopic (exact) mass is 227 g/mol. The minimum Gasteiger partial charge on any atom is -0.480 e. The molecule has 88 valence electrons. The maximum atomic E-state index is 13.3. The van der Waals surface area contributed by atoms with Gasteiger partial charge in [0, 0.05) is 6.42 Å². The summed E-state index contributed by atoms with van der Waals surface area (Å²) >= 11 is 0. The number of rotatable bonds is 7. The normalized spacial score (nSPS) is 14.1. The maximum absolute atomic E-state index is 13.3. The Labute approximate surface area is 93.2 Å². The molecule has 0 spiro atoms. The third kappa shape index (κ3) is 4.54. The van der Waals surface area contributed by atoms with Crippen LogP contribution in [0, 0.1) is 0 Å². The van der Waals surface area contributed by atoms with Crippen molar-refractivity contribution in [2.75, 3.05) is 0 Å². The standard InChI is InChI=1S/C11H14FNO3/c1-3-5-8(9(12)4-2)6-10(11(15)16)13-7-14/h3-5,7,10H,1,6H2,2H3,(H,13,14)(H,15,16)/b8-5-,9-4+. The van der Waals surface area contributed by atoms with E-state index < -0.39 is 17.8 Å². The van der Waals surface area contributed by atoms with Crippen molar-refractivity contribution in [1.82, 2.24) is 5.32 Å². The second-order valence-corrected chi connectivity index (χ2v) is 2.94. The Morgan fingerprint density at radius 1 is 1.62 bits per heavy atom. The Morgan fingerprint density at radius 3 is 2.62 bits per heavy atom. The van der Waals surface area contributed by atoms with Crippen molar-refractivity contribution in [3.63, 3.8) is 0 Å². The van der Waals surface area contributed by atoms with Crippen molar-refractivity contribution in [2.24, 2.45) is 0 Å². The summed E-state index contributed by atoms with van der Waals surface area (Å²) in [5.74, 6) is -1.75. The van der Waals surface area contributed by atoms with Gasteiger partial charge in [-0.2, -0.15) is 0 Å². The number of halogens is 1. The molecular weight excluding hydrogens is 213 g/mol. The molecule has 0 aromatic rings. The number of nitrogens with one attached hydrogen (secondary N) is 1. The van der Waals surface area contributed by atoms with Crippen LogP contribution in [-0.4, -0.2) is 23.5 Å². The molecule has 0 heterocycles. The third-order valence-corrected chi connectivity index (χ3v) is 1.87. The lowest BCUT2D eigenvalue weighted by atomic mass is 10.0. The predicted molar refractivity (Wildman–Crippen MR) is 58.4 cm³/mol. The number of carboxylic acid groups (broad SMARTS) is 1. The van der Waals surface area contributed by atoms with Crippen molar-refractivity contribution in [1.29, 1.82) is 0 Å². The van der Waals surface area contributed by atoms with E-state index >= 15 is 0 Å². The highest BCUT2D eigenvalue weighted by molar-refractivity contribution is 5.76. The van der Waals surface area contributed by atoms with Gasteiger partial charge in [-0.1, -0.05) is 24.8 Å². The Bertz CT molecular complexity index is 334. The number of hydrogen-bond acceptors (Lipinski definition) is 2. The summed E-state index contributed by atoms with van der Waals surface area (Å²) in [4.78, 5) is 20.9. The van der Waals surface area contributed by atoms with Crippen molar-refractivity contribution in [2.45, 2.75) is 19.4 Å². The van der Waals surface area contributed by atoms with Gasteiger partial charge >= 0.3 is 5.97 Å². The first-order chi connectivity index (χ1) is 7.56. The van der Waals surface area contributed by atoms with E-state index in [9.17, 15) is 14.0 Å². The number of hydrogen-bond donors (Lipinski definition) is 2. The summed E-state index contributed by atoms with van der Waals surface area (Å²) in [6.07, 6.45) is 4.10. The molecule has 0 aliphatic heterocycles. The minimum atomic E-state index is -1.22. The maximum Gasteiger partial charge on any atom is 0.326 e. The number of allylic oxidation sites excluding steroid dienone is 4. The molecule has 1 atom stereocenters. The Kier molecular flexibility index (Phi) is 6.51. The average Bonchev–Trinajstić information content (AvgIpc) is 2.26. The molecule has 0 fully saturated rings. The van der Waals surface area contributed by atoms with Gasteiger partial charge in [0.25, 0.3) is 0 Å². The molecule has 0 aromatic carbocycles. The fourth-order valence-corrected chi connectivity index (χ4v) is 1.09. The predicted octanol–water partition coefficient (Wildman–Crippen LogP) is 1.56. The molecule has 0 saturated heterocycles.